The summed E-state index contributed by atoms with van der Waals surface area (Å²) in [6, 6.07) is 20.3. The van der Waals surface area contributed by atoms with E-state index in [1.165, 1.54) is 0 Å². The molecule has 0 spiro atoms. The Bertz CT molecular complexity index is 1220. The highest BCUT2D eigenvalue weighted by atomic mass is 35.5. The molecule has 2 aromatic carbocycles. The van der Waals surface area contributed by atoms with Crippen LogP contribution in [-0.2, 0) is 6.54 Å². The molecule has 0 atom stereocenters. The van der Waals surface area contributed by atoms with Crippen LogP contribution >= 0.6 is 11.6 Å². The number of amides is 1. The Morgan fingerprint density at radius 3 is 2.61 bits per heavy atom. The van der Waals surface area contributed by atoms with Crippen molar-refractivity contribution in [1.82, 2.24) is 14.7 Å². The summed E-state index contributed by atoms with van der Waals surface area (Å²) in [5.74, 6) is -0.224. The number of rotatable bonds is 4. The lowest BCUT2D eigenvalue weighted by Crippen LogP contribution is -2.23. The van der Waals surface area contributed by atoms with Crippen LogP contribution in [-0.4, -0.2) is 15.3 Å². The summed E-state index contributed by atoms with van der Waals surface area (Å²) in [5, 5.41) is 12.9. The van der Waals surface area contributed by atoms with Gasteiger partial charge >= 0.3 is 0 Å². The molecule has 0 aliphatic carbocycles. The van der Waals surface area contributed by atoms with Crippen LogP contribution in [0.2, 0.25) is 5.02 Å². The largest absolute Gasteiger partial charge is 0.346 e. The lowest BCUT2D eigenvalue weighted by atomic mass is 9.95. The fourth-order valence-corrected chi connectivity index (χ4v) is 3.27. The molecule has 2 heterocycles. The average Bonchev–Trinajstić information content (AvgIpc) is 3.14. The van der Waals surface area contributed by atoms with Crippen molar-refractivity contribution in [3.05, 3.63) is 94.9 Å². The minimum atomic E-state index is -0.224. The Balaban J connectivity index is 1.59. The maximum Gasteiger partial charge on any atom is 0.252 e. The topological polar surface area (TPSA) is 70.2 Å². The Hall–Kier alpha value is -3.62. The monoisotopic (exact) mass is 386 g/mol. The molecule has 0 radical (unpaired) electrons. The van der Waals surface area contributed by atoms with E-state index in [1.54, 1.807) is 36.5 Å². The molecule has 4 rings (SSSR count). The molecule has 0 aliphatic heterocycles. The summed E-state index contributed by atoms with van der Waals surface area (Å²) in [6.45, 7) is 0.284. The third-order valence-corrected chi connectivity index (χ3v) is 4.63. The van der Waals surface area contributed by atoms with Gasteiger partial charge in [0.25, 0.3) is 5.91 Å². The van der Waals surface area contributed by atoms with Gasteiger partial charge in [0.15, 0.2) is 0 Å². The minimum Gasteiger partial charge on any atom is -0.346 e. The summed E-state index contributed by atoms with van der Waals surface area (Å²) < 4.78 is 1.82. The number of carbonyl (C=O) groups excluding carboxylic acids is 1. The molecule has 5 nitrogen and oxygen atoms in total. The van der Waals surface area contributed by atoms with Crippen molar-refractivity contribution in [2.45, 2.75) is 6.54 Å². The number of fused-ring (bicyclic) bond motifs is 1. The molecule has 136 valence electrons. The summed E-state index contributed by atoms with van der Waals surface area (Å²) in [7, 11) is 0. The van der Waals surface area contributed by atoms with Crippen LogP contribution in [0, 0.1) is 11.3 Å². The smallest absolute Gasteiger partial charge is 0.252 e. The molecule has 0 saturated heterocycles. The molecule has 28 heavy (non-hydrogen) atoms. The number of aromatic nitrogens is 2. The SMILES string of the molecule is N#Cc1ccccc1-c1ccccc1C(=O)NCc1cn2cc(Cl)ccc2n1. The van der Waals surface area contributed by atoms with Gasteiger partial charge in [-0.25, -0.2) is 4.98 Å². The van der Waals surface area contributed by atoms with Gasteiger partial charge in [-0.1, -0.05) is 48.0 Å². The molecular weight excluding hydrogens is 372 g/mol. The lowest BCUT2D eigenvalue weighted by Gasteiger charge is -2.11. The summed E-state index contributed by atoms with van der Waals surface area (Å²) in [4.78, 5) is 17.3. The maximum atomic E-state index is 12.8. The highest BCUT2D eigenvalue weighted by Gasteiger charge is 2.15. The Labute approximate surface area is 166 Å². The molecule has 0 aliphatic rings. The second kappa shape index (κ2) is 7.55. The number of halogens is 1. The summed E-state index contributed by atoms with van der Waals surface area (Å²) >= 11 is 5.99. The predicted octanol–water partition coefficient (Wildman–Crippen LogP) is 4.46. The number of nitriles is 1. The van der Waals surface area contributed by atoms with E-state index in [4.69, 9.17) is 11.6 Å². The van der Waals surface area contributed by atoms with E-state index < -0.39 is 0 Å². The van der Waals surface area contributed by atoms with Gasteiger partial charge in [0.1, 0.15) is 5.65 Å². The number of hydrogen-bond acceptors (Lipinski definition) is 3. The van der Waals surface area contributed by atoms with E-state index in [-0.39, 0.29) is 12.5 Å². The number of nitrogens with one attached hydrogen (secondary N) is 1. The van der Waals surface area contributed by atoms with Crippen LogP contribution in [0.5, 0.6) is 0 Å². The van der Waals surface area contributed by atoms with Crippen LogP contribution < -0.4 is 5.32 Å². The van der Waals surface area contributed by atoms with Crippen molar-refractivity contribution < 1.29 is 4.79 Å². The van der Waals surface area contributed by atoms with Gasteiger partial charge in [-0.2, -0.15) is 5.26 Å². The van der Waals surface area contributed by atoms with Gasteiger partial charge < -0.3 is 9.72 Å². The third kappa shape index (κ3) is 3.46. The summed E-state index contributed by atoms with van der Waals surface area (Å²) in [6.07, 6.45) is 3.60. The zero-order valence-electron chi connectivity index (χ0n) is 14.8. The number of hydrogen-bond donors (Lipinski definition) is 1. The number of pyridine rings is 1. The fraction of sp³-hybridized carbons (Fsp3) is 0.0455. The Kier molecular flexibility index (Phi) is 4.79. The summed E-state index contributed by atoms with van der Waals surface area (Å²) in [5.41, 5.74) is 3.98. The first-order valence-corrected chi connectivity index (χ1v) is 9.03. The third-order valence-electron chi connectivity index (χ3n) is 4.40. The lowest BCUT2D eigenvalue weighted by molar-refractivity contribution is 0.0951. The number of benzene rings is 2. The van der Waals surface area contributed by atoms with Crippen molar-refractivity contribution >= 4 is 23.2 Å². The highest BCUT2D eigenvalue weighted by molar-refractivity contribution is 6.30. The number of carbonyl (C=O) groups is 1. The normalized spacial score (nSPS) is 10.6. The first kappa shape index (κ1) is 17.8. The van der Waals surface area contributed by atoms with Gasteiger partial charge in [-0.3, -0.25) is 4.79 Å². The van der Waals surface area contributed by atoms with E-state index in [0.29, 0.717) is 16.1 Å². The molecule has 0 unspecified atom stereocenters. The van der Waals surface area contributed by atoms with Gasteiger partial charge in [-0.05, 0) is 29.8 Å². The highest BCUT2D eigenvalue weighted by Crippen LogP contribution is 2.26. The van der Waals surface area contributed by atoms with Crippen LogP contribution in [0.4, 0.5) is 0 Å². The molecule has 2 aromatic heterocycles. The van der Waals surface area contributed by atoms with E-state index in [9.17, 15) is 10.1 Å². The minimum absolute atomic E-state index is 0.224. The standard InChI is InChI=1S/C22H15ClN4O/c23-16-9-10-21-26-17(14-27(21)13-16)12-25-22(28)20-8-4-3-7-19(20)18-6-2-1-5-15(18)11-24/h1-10,13-14H,12H2,(H,25,28). The van der Waals surface area contributed by atoms with Gasteiger partial charge in [0.05, 0.1) is 28.9 Å². The average molecular weight is 387 g/mol. The van der Waals surface area contributed by atoms with Crippen LogP contribution in [0.15, 0.2) is 73.1 Å². The maximum absolute atomic E-state index is 12.8. The number of nitrogens with zero attached hydrogens (tertiary/aromatic N) is 3. The molecule has 1 amide bonds. The zero-order valence-corrected chi connectivity index (χ0v) is 15.5. The van der Waals surface area contributed by atoms with Crippen LogP contribution in [0.3, 0.4) is 0 Å². The second-order valence-corrected chi connectivity index (χ2v) is 6.67. The molecule has 0 fully saturated rings. The van der Waals surface area contributed by atoms with Crippen molar-refractivity contribution in [3.8, 4) is 17.2 Å². The van der Waals surface area contributed by atoms with Gasteiger partial charge in [-0.15, -0.1) is 0 Å². The first-order chi connectivity index (χ1) is 13.7. The van der Waals surface area contributed by atoms with Crippen LogP contribution in [0.25, 0.3) is 16.8 Å². The van der Waals surface area contributed by atoms with Crippen molar-refractivity contribution in [2.24, 2.45) is 0 Å². The molecule has 4 aromatic rings. The molecule has 6 heteroatoms. The fourth-order valence-electron chi connectivity index (χ4n) is 3.10. The Morgan fingerprint density at radius 1 is 1.04 bits per heavy atom. The second-order valence-electron chi connectivity index (χ2n) is 6.23. The Morgan fingerprint density at radius 2 is 1.79 bits per heavy atom. The molecule has 0 saturated carbocycles. The van der Waals surface area contributed by atoms with Gasteiger partial charge in [0, 0.05) is 23.5 Å². The molecule has 1 N–H and O–H groups in total. The van der Waals surface area contributed by atoms with E-state index in [2.05, 4.69) is 16.4 Å². The van der Waals surface area contributed by atoms with E-state index in [1.807, 2.05) is 40.9 Å². The number of imidazole rings is 1. The van der Waals surface area contributed by atoms with E-state index >= 15 is 0 Å². The quantitative estimate of drug-likeness (QED) is 0.563. The molecular formula is C22H15ClN4O. The van der Waals surface area contributed by atoms with Crippen LogP contribution in [0.1, 0.15) is 21.6 Å². The van der Waals surface area contributed by atoms with Crippen molar-refractivity contribution in [2.75, 3.05) is 0 Å². The van der Waals surface area contributed by atoms with Gasteiger partial charge in [0.2, 0.25) is 0 Å². The first-order valence-electron chi connectivity index (χ1n) is 8.65. The zero-order chi connectivity index (χ0) is 19.5. The predicted molar refractivity (Wildman–Crippen MR) is 108 cm³/mol. The van der Waals surface area contributed by atoms with Crippen molar-refractivity contribution in [1.29, 1.82) is 5.26 Å². The van der Waals surface area contributed by atoms with E-state index in [0.717, 1.165) is 22.5 Å². The van der Waals surface area contributed by atoms with Crippen molar-refractivity contribution in [3.63, 3.8) is 0 Å². The molecule has 0 bridgehead atoms.